The predicted molar refractivity (Wildman–Crippen MR) is 79.0 cm³/mol. The largest absolute Gasteiger partial charge is 0.493 e. The number of hydrogen-bond donors (Lipinski definition) is 1. The van der Waals surface area contributed by atoms with Gasteiger partial charge in [0.15, 0.2) is 11.3 Å². The fraction of sp³-hybridized carbons (Fsp3) is 0.500. The molecule has 0 unspecified atom stereocenters. The highest BCUT2D eigenvalue weighted by Crippen LogP contribution is 2.31. The molecule has 19 heavy (non-hydrogen) atoms. The molecule has 0 aliphatic heterocycles. The second-order valence-electron chi connectivity index (χ2n) is 4.79. The van der Waals surface area contributed by atoms with Gasteiger partial charge < -0.3 is 14.5 Å². The van der Waals surface area contributed by atoms with Gasteiger partial charge in [-0.15, -0.1) is 0 Å². The van der Waals surface area contributed by atoms with Gasteiger partial charge in [0.1, 0.15) is 0 Å². The molecule has 2 aromatic rings. The smallest absolute Gasteiger partial charge is 0.175 e. The normalized spacial score (nSPS) is 11.1. The molecule has 0 aliphatic carbocycles. The van der Waals surface area contributed by atoms with Crippen molar-refractivity contribution in [2.24, 2.45) is 0 Å². The number of aryl methyl sites for hydroxylation is 1. The Labute approximate surface area is 114 Å². The minimum absolute atomic E-state index is 0.835. The molecule has 0 aliphatic rings. The minimum Gasteiger partial charge on any atom is -0.493 e. The Bertz CT molecular complexity index is 531. The molecule has 2 rings (SSSR count). The fourth-order valence-electron chi connectivity index (χ4n) is 2.29. The van der Waals surface area contributed by atoms with Gasteiger partial charge in [-0.1, -0.05) is 13.8 Å². The third-order valence-corrected chi connectivity index (χ3v) is 3.41. The molecule has 0 spiro atoms. The van der Waals surface area contributed by atoms with Crippen LogP contribution in [0.1, 0.15) is 31.4 Å². The van der Waals surface area contributed by atoms with Gasteiger partial charge in [0.2, 0.25) is 0 Å². The first-order chi connectivity index (χ1) is 9.30. The van der Waals surface area contributed by atoms with Gasteiger partial charge in [-0.2, -0.15) is 0 Å². The number of methoxy groups -OCH3 is 1. The third kappa shape index (κ3) is 3.10. The summed E-state index contributed by atoms with van der Waals surface area (Å²) in [5, 5.41) is 4.61. The lowest BCUT2D eigenvalue weighted by atomic mass is 10.1. The molecule has 0 atom stereocenters. The zero-order valence-corrected chi connectivity index (χ0v) is 12.1. The van der Waals surface area contributed by atoms with E-state index in [-0.39, 0.29) is 0 Å². The standard InChI is InChI=1S/C16H23NO2/c1-4-7-17-8-6-13-11-19-16-14(13)9-12(5-2)10-15(16)18-3/h9-11,17H,4-8H2,1-3H3. The van der Waals surface area contributed by atoms with Gasteiger partial charge in [-0.25, -0.2) is 0 Å². The number of nitrogens with one attached hydrogen (secondary N) is 1. The van der Waals surface area contributed by atoms with E-state index < -0.39 is 0 Å². The molecular weight excluding hydrogens is 238 g/mol. The average Bonchev–Trinajstić information content (AvgIpc) is 2.85. The van der Waals surface area contributed by atoms with Crippen molar-refractivity contribution >= 4 is 11.0 Å². The van der Waals surface area contributed by atoms with Gasteiger partial charge in [0.05, 0.1) is 13.4 Å². The number of benzene rings is 1. The lowest BCUT2D eigenvalue weighted by Gasteiger charge is -2.05. The summed E-state index contributed by atoms with van der Waals surface area (Å²) in [6, 6.07) is 4.28. The molecule has 3 heteroatoms. The Kier molecular flexibility index (Phi) is 4.86. The molecule has 0 fully saturated rings. The maximum absolute atomic E-state index is 5.67. The topological polar surface area (TPSA) is 34.4 Å². The van der Waals surface area contributed by atoms with Crippen LogP contribution in [0.3, 0.4) is 0 Å². The van der Waals surface area contributed by atoms with Gasteiger partial charge >= 0.3 is 0 Å². The van der Waals surface area contributed by atoms with E-state index in [0.29, 0.717) is 0 Å². The lowest BCUT2D eigenvalue weighted by molar-refractivity contribution is 0.409. The Morgan fingerprint density at radius 1 is 1.21 bits per heavy atom. The summed E-state index contributed by atoms with van der Waals surface area (Å²) in [4.78, 5) is 0. The second kappa shape index (κ2) is 6.62. The number of hydrogen-bond acceptors (Lipinski definition) is 3. The lowest BCUT2D eigenvalue weighted by Crippen LogP contribution is -2.17. The van der Waals surface area contributed by atoms with Crippen molar-refractivity contribution < 1.29 is 9.15 Å². The van der Waals surface area contributed by atoms with E-state index in [9.17, 15) is 0 Å². The van der Waals surface area contributed by atoms with E-state index in [4.69, 9.17) is 9.15 Å². The van der Waals surface area contributed by atoms with Gasteiger partial charge in [0.25, 0.3) is 0 Å². The Balaban J connectivity index is 2.25. The highest BCUT2D eigenvalue weighted by atomic mass is 16.5. The van der Waals surface area contributed by atoms with Crippen LogP contribution in [0, 0.1) is 0 Å². The van der Waals surface area contributed by atoms with Crippen LogP contribution in [-0.2, 0) is 12.8 Å². The van der Waals surface area contributed by atoms with Crippen molar-refractivity contribution in [2.45, 2.75) is 33.1 Å². The van der Waals surface area contributed by atoms with E-state index >= 15 is 0 Å². The summed E-state index contributed by atoms with van der Waals surface area (Å²) in [6.07, 6.45) is 5.02. The van der Waals surface area contributed by atoms with Crippen LogP contribution in [0.15, 0.2) is 22.8 Å². The third-order valence-electron chi connectivity index (χ3n) is 3.41. The summed E-state index contributed by atoms with van der Waals surface area (Å²) in [5.74, 6) is 0.835. The van der Waals surface area contributed by atoms with Crippen molar-refractivity contribution in [3.05, 3.63) is 29.5 Å². The first-order valence-electron chi connectivity index (χ1n) is 7.07. The second-order valence-corrected chi connectivity index (χ2v) is 4.79. The van der Waals surface area contributed by atoms with Crippen LogP contribution in [0.4, 0.5) is 0 Å². The maximum Gasteiger partial charge on any atom is 0.175 e. The van der Waals surface area contributed by atoms with Gasteiger partial charge in [-0.05, 0) is 55.6 Å². The molecule has 104 valence electrons. The van der Waals surface area contributed by atoms with Crippen LogP contribution in [0.25, 0.3) is 11.0 Å². The van der Waals surface area contributed by atoms with Crippen molar-refractivity contribution in [3.8, 4) is 5.75 Å². The Hall–Kier alpha value is -1.48. The molecule has 0 bridgehead atoms. The quantitative estimate of drug-likeness (QED) is 0.774. The summed E-state index contributed by atoms with van der Waals surface area (Å²) in [6.45, 7) is 6.39. The van der Waals surface area contributed by atoms with Crippen molar-refractivity contribution in [1.29, 1.82) is 0 Å². The van der Waals surface area contributed by atoms with Crippen LogP contribution in [0.2, 0.25) is 0 Å². The summed E-state index contributed by atoms with van der Waals surface area (Å²) in [7, 11) is 1.69. The van der Waals surface area contributed by atoms with Gasteiger partial charge in [0, 0.05) is 5.39 Å². The zero-order valence-electron chi connectivity index (χ0n) is 12.1. The molecule has 1 N–H and O–H groups in total. The summed E-state index contributed by atoms with van der Waals surface area (Å²) < 4.78 is 11.1. The molecule has 3 nitrogen and oxygen atoms in total. The van der Waals surface area contributed by atoms with E-state index in [1.807, 2.05) is 6.26 Å². The van der Waals surface area contributed by atoms with Crippen molar-refractivity contribution in [3.63, 3.8) is 0 Å². The molecule has 0 amide bonds. The van der Waals surface area contributed by atoms with Crippen LogP contribution in [0.5, 0.6) is 5.75 Å². The molecule has 0 radical (unpaired) electrons. The van der Waals surface area contributed by atoms with E-state index in [0.717, 1.165) is 37.3 Å². The molecule has 1 aromatic carbocycles. The van der Waals surface area contributed by atoms with Crippen LogP contribution < -0.4 is 10.1 Å². The van der Waals surface area contributed by atoms with E-state index in [2.05, 4.69) is 31.3 Å². The highest BCUT2D eigenvalue weighted by molar-refractivity contribution is 5.87. The van der Waals surface area contributed by atoms with E-state index in [1.54, 1.807) is 7.11 Å². The van der Waals surface area contributed by atoms with Crippen molar-refractivity contribution in [2.75, 3.05) is 20.2 Å². The highest BCUT2D eigenvalue weighted by Gasteiger charge is 2.11. The number of fused-ring (bicyclic) bond motifs is 1. The molecule has 0 saturated heterocycles. The Morgan fingerprint density at radius 3 is 2.74 bits per heavy atom. The number of furan rings is 1. The maximum atomic E-state index is 5.67. The molecule has 1 heterocycles. The molecule has 0 saturated carbocycles. The Morgan fingerprint density at radius 2 is 2.05 bits per heavy atom. The fourth-order valence-corrected chi connectivity index (χ4v) is 2.29. The first kappa shape index (κ1) is 13.9. The minimum atomic E-state index is 0.835. The summed E-state index contributed by atoms with van der Waals surface area (Å²) in [5.41, 5.74) is 3.41. The number of ether oxygens (including phenoxy) is 1. The van der Waals surface area contributed by atoms with Gasteiger partial charge in [-0.3, -0.25) is 0 Å². The summed E-state index contributed by atoms with van der Waals surface area (Å²) >= 11 is 0. The first-order valence-corrected chi connectivity index (χ1v) is 7.07. The number of rotatable bonds is 7. The predicted octanol–water partition coefficient (Wildman–Crippen LogP) is 3.55. The monoisotopic (exact) mass is 261 g/mol. The van der Waals surface area contributed by atoms with E-state index in [1.165, 1.54) is 22.9 Å². The average molecular weight is 261 g/mol. The molecular formula is C16H23NO2. The zero-order chi connectivity index (χ0) is 13.7. The SMILES string of the molecule is CCCNCCc1coc2c(OC)cc(CC)cc12. The molecule has 1 aromatic heterocycles. The van der Waals surface area contributed by atoms with Crippen LogP contribution in [-0.4, -0.2) is 20.2 Å². The van der Waals surface area contributed by atoms with Crippen molar-refractivity contribution in [1.82, 2.24) is 5.32 Å². The van der Waals surface area contributed by atoms with Crippen LogP contribution >= 0.6 is 0 Å².